The lowest BCUT2D eigenvalue weighted by molar-refractivity contribution is -0.121. The molecule has 0 spiro atoms. The van der Waals surface area contributed by atoms with E-state index in [1.807, 2.05) is 24.4 Å². The second-order valence-corrected chi connectivity index (χ2v) is 6.89. The molecule has 1 aliphatic heterocycles. The number of halogens is 1. The maximum absolute atomic E-state index is 12.3. The maximum Gasteiger partial charge on any atom is 0.266 e. The van der Waals surface area contributed by atoms with Gasteiger partial charge in [-0.15, -0.1) is 6.58 Å². The third-order valence-corrected chi connectivity index (χ3v) is 4.77. The molecule has 1 aromatic carbocycles. The molecular formula is C16H12ClN3OS2. The number of nitrogens with zero attached hydrogens (tertiary/aromatic N) is 3. The molecule has 116 valence electrons. The topological polar surface area (TPSA) is 38.1 Å². The fraction of sp³-hybridized carbons (Fsp3) is 0.0625. The Kier molecular flexibility index (Phi) is 4.66. The zero-order chi connectivity index (χ0) is 16.4. The molecule has 2 heterocycles. The van der Waals surface area contributed by atoms with Crippen molar-refractivity contribution < 1.29 is 4.79 Å². The summed E-state index contributed by atoms with van der Waals surface area (Å²) >= 11 is 12.5. The summed E-state index contributed by atoms with van der Waals surface area (Å²) in [5.41, 5.74) is 1.68. The molecule has 3 rings (SSSR count). The average Bonchev–Trinajstić information content (AvgIpc) is 3.09. The number of carbonyl (C=O) groups is 1. The summed E-state index contributed by atoms with van der Waals surface area (Å²) in [6.07, 6.45) is 6.98. The molecule has 2 aromatic rings. The third kappa shape index (κ3) is 3.39. The molecule has 1 amide bonds. The van der Waals surface area contributed by atoms with Crippen LogP contribution in [0.2, 0.25) is 5.02 Å². The molecular weight excluding hydrogens is 350 g/mol. The van der Waals surface area contributed by atoms with E-state index in [1.165, 1.54) is 16.7 Å². The summed E-state index contributed by atoms with van der Waals surface area (Å²) in [6, 6.07) is 7.40. The van der Waals surface area contributed by atoms with Crippen molar-refractivity contribution in [2.24, 2.45) is 0 Å². The van der Waals surface area contributed by atoms with Gasteiger partial charge < -0.3 is 0 Å². The number of thiocarbonyl (C=S) groups is 1. The summed E-state index contributed by atoms with van der Waals surface area (Å²) < 4.78 is 2.26. The summed E-state index contributed by atoms with van der Waals surface area (Å²) in [5, 5.41) is 4.94. The Morgan fingerprint density at radius 2 is 2.26 bits per heavy atom. The highest BCUT2D eigenvalue weighted by Crippen LogP contribution is 2.32. The Morgan fingerprint density at radius 1 is 1.43 bits per heavy atom. The standard InChI is InChI=1S/C16H12ClN3OS2/c1-2-6-19-15(21)14(23-16(19)22)7-11-9-18-20(10-11)13-5-3-4-12(17)8-13/h2-5,7-10H,1,6H2/b14-7-. The fourth-order valence-corrected chi connectivity index (χ4v) is 3.57. The van der Waals surface area contributed by atoms with E-state index in [0.29, 0.717) is 20.8 Å². The largest absolute Gasteiger partial charge is 0.289 e. The van der Waals surface area contributed by atoms with Gasteiger partial charge in [0.1, 0.15) is 4.32 Å². The van der Waals surface area contributed by atoms with Crippen LogP contribution >= 0.6 is 35.6 Å². The van der Waals surface area contributed by atoms with Crippen molar-refractivity contribution in [1.29, 1.82) is 0 Å². The SMILES string of the molecule is C=CCN1C(=O)/C(=C/c2cnn(-c3cccc(Cl)c3)c2)SC1=S. The Balaban J connectivity index is 1.85. The molecule has 4 nitrogen and oxygen atoms in total. The molecule has 1 aromatic heterocycles. The van der Waals surface area contributed by atoms with Crippen molar-refractivity contribution in [2.45, 2.75) is 0 Å². The van der Waals surface area contributed by atoms with Gasteiger partial charge in [0.15, 0.2) is 0 Å². The molecule has 0 N–H and O–H groups in total. The summed E-state index contributed by atoms with van der Waals surface area (Å²) in [6.45, 7) is 4.06. The zero-order valence-electron chi connectivity index (χ0n) is 12.0. The number of benzene rings is 1. The van der Waals surface area contributed by atoms with Crippen LogP contribution in [0.1, 0.15) is 5.56 Å². The van der Waals surface area contributed by atoms with Crippen molar-refractivity contribution in [1.82, 2.24) is 14.7 Å². The van der Waals surface area contributed by atoms with E-state index in [1.54, 1.807) is 29.1 Å². The molecule has 0 saturated carbocycles. The Hall–Kier alpha value is -1.89. The van der Waals surface area contributed by atoms with Gasteiger partial charge >= 0.3 is 0 Å². The number of rotatable bonds is 4. The van der Waals surface area contributed by atoms with Gasteiger partial charge in [-0.25, -0.2) is 4.68 Å². The van der Waals surface area contributed by atoms with Crippen molar-refractivity contribution in [2.75, 3.05) is 6.54 Å². The van der Waals surface area contributed by atoms with Crippen molar-refractivity contribution in [3.8, 4) is 5.69 Å². The third-order valence-electron chi connectivity index (χ3n) is 3.16. The lowest BCUT2D eigenvalue weighted by atomic mass is 10.3. The highest BCUT2D eigenvalue weighted by Gasteiger charge is 2.30. The van der Waals surface area contributed by atoms with Gasteiger partial charge in [-0.05, 0) is 24.3 Å². The van der Waals surface area contributed by atoms with Gasteiger partial charge in [-0.3, -0.25) is 9.69 Å². The second-order valence-electron chi connectivity index (χ2n) is 4.78. The van der Waals surface area contributed by atoms with Crippen LogP contribution < -0.4 is 0 Å². The average molecular weight is 362 g/mol. The molecule has 0 radical (unpaired) electrons. The molecule has 7 heteroatoms. The minimum Gasteiger partial charge on any atom is -0.289 e. The first-order valence-corrected chi connectivity index (χ1v) is 8.35. The van der Waals surface area contributed by atoms with Crippen LogP contribution in [0.3, 0.4) is 0 Å². The molecule has 1 saturated heterocycles. The van der Waals surface area contributed by atoms with Crippen LogP contribution in [0.4, 0.5) is 0 Å². The Labute approximate surface area is 148 Å². The maximum atomic E-state index is 12.3. The molecule has 0 unspecified atom stereocenters. The van der Waals surface area contributed by atoms with Gasteiger partial charge in [-0.2, -0.15) is 5.10 Å². The zero-order valence-corrected chi connectivity index (χ0v) is 14.4. The number of aromatic nitrogens is 2. The summed E-state index contributed by atoms with van der Waals surface area (Å²) in [7, 11) is 0. The molecule has 0 aliphatic carbocycles. The number of carbonyl (C=O) groups excluding carboxylic acids is 1. The smallest absolute Gasteiger partial charge is 0.266 e. The highest BCUT2D eigenvalue weighted by atomic mass is 35.5. The molecule has 1 fully saturated rings. The summed E-state index contributed by atoms with van der Waals surface area (Å²) in [5.74, 6) is -0.101. The van der Waals surface area contributed by atoms with Crippen LogP contribution in [-0.4, -0.2) is 31.5 Å². The Bertz CT molecular complexity index is 828. The van der Waals surface area contributed by atoms with E-state index in [2.05, 4.69) is 11.7 Å². The molecule has 23 heavy (non-hydrogen) atoms. The van der Waals surface area contributed by atoms with Crippen LogP contribution in [0.15, 0.2) is 54.2 Å². The van der Waals surface area contributed by atoms with Crippen LogP contribution in [0, 0.1) is 0 Å². The van der Waals surface area contributed by atoms with E-state index in [9.17, 15) is 4.79 Å². The van der Waals surface area contributed by atoms with Crippen LogP contribution in [0.5, 0.6) is 0 Å². The van der Waals surface area contributed by atoms with Gasteiger partial charge in [-0.1, -0.05) is 47.7 Å². The number of thioether (sulfide) groups is 1. The van der Waals surface area contributed by atoms with Gasteiger partial charge in [0.05, 0.1) is 16.8 Å². The lowest BCUT2D eigenvalue weighted by Gasteiger charge is -2.10. The van der Waals surface area contributed by atoms with Crippen molar-refractivity contribution in [3.05, 3.63) is 64.8 Å². The first-order valence-electron chi connectivity index (χ1n) is 6.75. The predicted octanol–water partition coefficient (Wildman–Crippen LogP) is 3.91. The number of amides is 1. The number of hydrogen-bond acceptors (Lipinski definition) is 4. The number of hydrogen-bond donors (Lipinski definition) is 0. The van der Waals surface area contributed by atoms with E-state index >= 15 is 0 Å². The minimum atomic E-state index is -0.101. The van der Waals surface area contributed by atoms with Gasteiger partial charge in [0.2, 0.25) is 0 Å². The van der Waals surface area contributed by atoms with Crippen LogP contribution in [0.25, 0.3) is 11.8 Å². The highest BCUT2D eigenvalue weighted by molar-refractivity contribution is 8.26. The monoisotopic (exact) mass is 361 g/mol. The molecule has 0 atom stereocenters. The van der Waals surface area contributed by atoms with E-state index in [-0.39, 0.29) is 5.91 Å². The van der Waals surface area contributed by atoms with Gasteiger partial charge in [0.25, 0.3) is 5.91 Å². The van der Waals surface area contributed by atoms with Crippen molar-refractivity contribution in [3.63, 3.8) is 0 Å². The first-order chi connectivity index (χ1) is 11.1. The van der Waals surface area contributed by atoms with E-state index < -0.39 is 0 Å². The Morgan fingerprint density at radius 3 is 3.00 bits per heavy atom. The molecule has 0 bridgehead atoms. The summed E-state index contributed by atoms with van der Waals surface area (Å²) in [4.78, 5) is 14.4. The first kappa shape index (κ1) is 16.0. The fourth-order valence-electron chi connectivity index (χ4n) is 2.11. The predicted molar refractivity (Wildman–Crippen MR) is 98.7 cm³/mol. The van der Waals surface area contributed by atoms with E-state index in [0.717, 1.165) is 11.3 Å². The quantitative estimate of drug-likeness (QED) is 0.470. The molecule has 1 aliphatic rings. The van der Waals surface area contributed by atoms with Crippen molar-refractivity contribution >= 4 is 51.9 Å². The van der Waals surface area contributed by atoms with E-state index in [4.69, 9.17) is 23.8 Å². The van der Waals surface area contributed by atoms with Gasteiger partial charge in [0, 0.05) is 23.3 Å². The lowest BCUT2D eigenvalue weighted by Crippen LogP contribution is -2.27. The second kappa shape index (κ2) is 6.70. The normalized spacial score (nSPS) is 16.4. The van der Waals surface area contributed by atoms with Crippen LogP contribution in [-0.2, 0) is 4.79 Å². The minimum absolute atomic E-state index is 0.101.